The first-order valence-electron chi connectivity index (χ1n) is 7.55. The van der Waals surface area contributed by atoms with Crippen LogP contribution in [0.3, 0.4) is 0 Å². The molecule has 1 aromatic rings. The molecule has 0 bridgehead atoms. The second-order valence-electron chi connectivity index (χ2n) is 5.94. The molecule has 0 saturated carbocycles. The van der Waals surface area contributed by atoms with Crippen molar-refractivity contribution in [2.24, 2.45) is 5.41 Å². The van der Waals surface area contributed by atoms with Gasteiger partial charge in [0, 0.05) is 43.7 Å². The molecule has 21 heavy (non-hydrogen) atoms. The van der Waals surface area contributed by atoms with E-state index in [0.29, 0.717) is 26.1 Å². The fourth-order valence-corrected chi connectivity index (χ4v) is 3.66. The monoisotopic (exact) mass is 312 g/mol. The predicted octanol–water partition coefficient (Wildman–Crippen LogP) is 1.62. The molecule has 1 aliphatic heterocycles. The lowest BCUT2D eigenvalue weighted by Crippen LogP contribution is -2.44. The first-order valence-corrected chi connectivity index (χ1v) is 8.43. The van der Waals surface area contributed by atoms with Gasteiger partial charge in [-0.05, 0) is 31.6 Å². The Morgan fingerprint density at radius 1 is 1.43 bits per heavy atom. The summed E-state index contributed by atoms with van der Waals surface area (Å²) < 4.78 is 1.66. The van der Waals surface area contributed by atoms with Gasteiger partial charge in [0.1, 0.15) is 0 Å². The number of thiazole rings is 1. The van der Waals surface area contributed by atoms with Gasteiger partial charge in [-0.2, -0.15) is 0 Å². The van der Waals surface area contributed by atoms with Crippen LogP contribution >= 0.6 is 11.3 Å². The van der Waals surface area contributed by atoms with Crippen LogP contribution in [0.25, 0.3) is 0 Å². The van der Waals surface area contributed by atoms with Crippen molar-refractivity contribution >= 4 is 17.2 Å². The molecular formula is C15H24N2O3S. The Morgan fingerprint density at radius 2 is 2.10 bits per heavy atom. The molecule has 5 nitrogen and oxygen atoms in total. The van der Waals surface area contributed by atoms with E-state index < -0.39 is 0 Å². The van der Waals surface area contributed by atoms with E-state index in [4.69, 9.17) is 0 Å². The molecule has 0 aliphatic carbocycles. The number of aromatic nitrogens is 1. The molecule has 118 valence electrons. The molecule has 1 aromatic heterocycles. The molecule has 0 radical (unpaired) electrons. The van der Waals surface area contributed by atoms with Gasteiger partial charge in [0.15, 0.2) is 0 Å². The van der Waals surface area contributed by atoms with E-state index in [1.54, 1.807) is 4.57 Å². The summed E-state index contributed by atoms with van der Waals surface area (Å²) in [7, 11) is 0. The van der Waals surface area contributed by atoms with E-state index in [0.717, 1.165) is 25.0 Å². The SMILES string of the molecule is CCC1(CO)CCN(C(=O)CCn2c(C)csc2=O)CC1. The van der Waals surface area contributed by atoms with Crippen molar-refractivity contribution in [3.8, 4) is 0 Å². The number of carbonyl (C=O) groups is 1. The molecule has 2 rings (SSSR count). The lowest BCUT2D eigenvalue weighted by atomic mass is 9.77. The van der Waals surface area contributed by atoms with Crippen LogP contribution in [0.2, 0.25) is 0 Å². The van der Waals surface area contributed by atoms with Crippen molar-refractivity contribution in [3.05, 3.63) is 20.7 Å². The standard InChI is InChI=1S/C15H24N2O3S/c1-3-15(11-18)5-8-16(9-6-15)13(19)4-7-17-12(2)10-21-14(17)20/h10,18H,3-9,11H2,1-2H3. The zero-order valence-electron chi connectivity index (χ0n) is 12.8. The van der Waals surface area contributed by atoms with E-state index in [2.05, 4.69) is 6.92 Å². The Kier molecular flexibility index (Phi) is 5.22. The van der Waals surface area contributed by atoms with Gasteiger partial charge in [-0.3, -0.25) is 9.59 Å². The Hall–Kier alpha value is -1.14. The second kappa shape index (κ2) is 6.75. The maximum absolute atomic E-state index is 12.3. The molecule has 1 aliphatic rings. The molecule has 1 amide bonds. The Labute approximate surface area is 129 Å². The highest BCUT2D eigenvalue weighted by atomic mass is 32.1. The number of aryl methyl sites for hydroxylation is 1. The number of likely N-dealkylation sites (tertiary alicyclic amines) is 1. The van der Waals surface area contributed by atoms with E-state index >= 15 is 0 Å². The minimum Gasteiger partial charge on any atom is -0.396 e. The van der Waals surface area contributed by atoms with E-state index in [1.165, 1.54) is 11.3 Å². The van der Waals surface area contributed by atoms with Crippen molar-refractivity contribution < 1.29 is 9.90 Å². The fraction of sp³-hybridized carbons (Fsp3) is 0.733. The molecule has 0 spiro atoms. The van der Waals surface area contributed by atoms with Gasteiger partial charge in [-0.15, -0.1) is 0 Å². The molecule has 0 unspecified atom stereocenters. The van der Waals surface area contributed by atoms with Gasteiger partial charge < -0.3 is 14.6 Å². The Bertz CT molecular complexity index is 535. The highest BCUT2D eigenvalue weighted by Crippen LogP contribution is 2.34. The summed E-state index contributed by atoms with van der Waals surface area (Å²) >= 11 is 1.18. The van der Waals surface area contributed by atoms with Crippen LogP contribution in [-0.2, 0) is 11.3 Å². The predicted molar refractivity (Wildman–Crippen MR) is 83.6 cm³/mol. The highest BCUT2D eigenvalue weighted by molar-refractivity contribution is 7.07. The Morgan fingerprint density at radius 3 is 2.57 bits per heavy atom. The number of piperidine rings is 1. The number of hydrogen-bond acceptors (Lipinski definition) is 4. The summed E-state index contributed by atoms with van der Waals surface area (Å²) in [4.78, 5) is 25.8. The number of amides is 1. The third-order valence-corrected chi connectivity index (χ3v) is 5.67. The third kappa shape index (κ3) is 3.55. The van der Waals surface area contributed by atoms with Crippen molar-refractivity contribution in [1.29, 1.82) is 0 Å². The zero-order chi connectivity index (χ0) is 15.5. The maximum Gasteiger partial charge on any atom is 0.307 e. The van der Waals surface area contributed by atoms with Gasteiger partial charge in [0.2, 0.25) is 5.91 Å². The minimum atomic E-state index is -0.00232. The first kappa shape index (κ1) is 16.2. The van der Waals surface area contributed by atoms with E-state index in [1.807, 2.05) is 17.2 Å². The largest absolute Gasteiger partial charge is 0.396 e. The normalized spacial score (nSPS) is 18.0. The summed E-state index contributed by atoms with van der Waals surface area (Å²) in [6.45, 7) is 6.08. The number of nitrogens with zero attached hydrogens (tertiary/aromatic N) is 2. The molecular weight excluding hydrogens is 288 g/mol. The summed E-state index contributed by atoms with van der Waals surface area (Å²) in [6, 6.07) is 0. The molecule has 2 heterocycles. The molecule has 0 atom stereocenters. The maximum atomic E-state index is 12.3. The van der Waals surface area contributed by atoms with Gasteiger partial charge >= 0.3 is 4.87 Å². The molecule has 1 N–H and O–H groups in total. The average molecular weight is 312 g/mol. The van der Waals surface area contributed by atoms with E-state index in [9.17, 15) is 14.7 Å². The molecule has 1 saturated heterocycles. The lowest BCUT2D eigenvalue weighted by Gasteiger charge is -2.40. The van der Waals surface area contributed by atoms with Crippen LogP contribution in [0.1, 0.15) is 38.3 Å². The van der Waals surface area contributed by atoms with Crippen LogP contribution < -0.4 is 4.87 Å². The number of aliphatic hydroxyl groups is 1. The second-order valence-corrected chi connectivity index (χ2v) is 6.76. The number of rotatable bonds is 5. The number of carbonyl (C=O) groups excluding carboxylic acids is 1. The van der Waals surface area contributed by atoms with Crippen LogP contribution in [0, 0.1) is 12.3 Å². The lowest BCUT2D eigenvalue weighted by molar-refractivity contribution is -0.134. The number of hydrogen-bond donors (Lipinski definition) is 1. The summed E-state index contributed by atoms with van der Waals surface area (Å²) in [5.41, 5.74) is 0.916. The van der Waals surface area contributed by atoms with Crippen LogP contribution in [0.15, 0.2) is 10.2 Å². The van der Waals surface area contributed by atoms with Gasteiger partial charge in [-0.25, -0.2) is 0 Å². The summed E-state index contributed by atoms with van der Waals surface area (Å²) in [5.74, 6) is 0.107. The van der Waals surface area contributed by atoms with Crippen LogP contribution in [0.5, 0.6) is 0 Å². The zero-order valence-corrected chi connectivity index (χ0v) is 13.6. The molecule has 0 aromatic carbocycles. The Balaban J connectivity index is 1.87. The molecule has 1 fully saturated rings. The van der Waals surface area contributed by atoms with Gasteiger partial charge in [0.25, 0.3) is 0 Å². The third-order valence-electron chi connectivity index (χ3n) is 4.79. The fourth-order valence-electron chi connectivity index (χ4n) is 2.89. The topological polar surface area (TPSA) is 62.5 Å². The van der Waals surface area contributed by atoms with Crippen molar-refractivity contribution in [2.75, 3.05) is 19.7 Å². The van der Waals surface area contributed by atoms with Crippen molar-refractivity contribution in [1.82, 2.24) is 9.47 Å². The van der Waals surface area contributed by atoms with Crippen LogP contribution in [-0.4, -0.2) is 40.2 Å². The summed E-state index contributed by atoms with van der Waals surface area (Å²) in [6.07, 6.45) is 3.05. The quantitative estimate of drug-likeness (QED) is 0.898. The van der Waals surface area contributed by atoms with E-state index in [-0.39, 0.29) is 22.8 Å². The van der Waals surface area contributed by atoms with Crippen molar-refractivity contribution in [3.63, 3.8) is 0 Å². The van der Waals surface area contributed by atoms with Crippen molar-refractivity contribution in [2.45, 2.75) is 46.1 Å². The van der Waals surface area contributed by atoms with Crippen LogP contribution in [0.4, 0.5) is 0 Å². The summed E-state index contributed by atoms with van der Waals surface area (Å²) in [5, 5.41) is 11.3. The van der Waals surface area contributed by atoms with Gasteiger partial charge in [-0.1, -0.05) is 18.3 Å². The smallest absolute Gasteiger partial charge is 0.307 e. The highest BCUT2D eigenvalue weighted by Gasteiger charge is 2.33. The number of aliphatic hydroxyl groups excluding tert-OH is 1. The molecule has 6 heteroatoms. The first-order chi connectivity index (χ1) is 10.0. The average Bonchev–Trinajstić information content (AvgIpc) is 2.83. The van der Waals surface area contributed by atoms with Gasteiger partial charge in [0.05, 0.1) is 0 Å². The minimum absolute atomic E-state index is 0.00232.